The van der Waals surface area contributed by atoms with E-state index in [0.29, 0.717) is 30.3 Å². The molecule has 1 aromatic rings. The first-order valence-corrected chi connectivity index (χ1v) is 8.58. The SMILES string of the molecule is COc1ccc(N2C(=O)CC(N3CCCC(C(N)=O)C3)C2=O)cc1OC. The van der Waals surface area contributed by atoms with Crippen molar-refractivity contribution >= 4 is 23.4 Å². The number of nitrogens with two attached hydrogens (primary N) is 1. The number of nitrogens with zero attached hydrogens (tertiary/aromatic N) is 2. The van der Waals surface area contributed by atoms with Crippen LogP contribution in [0.4, 0.5) is 5.69 Å². The second-order valence-corrected chi connectivity index (χ2v) is 6.56. The number of hydrogen-bond donors (Lipinski definition) is 1. The van der Waals surface area contributed by atoms with Crippen LogP contribution in [-0.4, -0.2) is 56.0 Å². The number of ether oxygens (including phenoxy) is 2. The molecule has 1 aromatic carbocycles. The number of amides is 3. The van der Waals surface area contributed by atoms with Gasteiger partial charge in [0, 0.05) is 12.6 Å². The molecular weight excluding hydrogens is 338 g/mol. The minimum Gasteiger partial charge on any atom is -0.493 e. The Morgan fingerprint density at radius 1 is 1.19 bits per heavy atom. The highest BCUT2D eigenvalue weighted by Gasteiger charge is 2.44. The molecule has 0 aliphatic carbocycles. The number of primary amides is 1. The second kappa shape index (κ2) is 7.33. The fourth-order valence-corrected chi connectivity index (χ4v) is 3.66. The summed E-state index contributed by atoms with van der Waals surface area (Å²) in [4.78, 5) is 40.0. The lowest BCUT2D eigenvalue weighted by Crippen LogP contribution is -2.49. The zero-order valence-corrected chi connectivity index (χ0v) is 14.9. The molecule has 0 spiro atoms. The molecule has 2 saturated heterocycles. The van der Waals surface area contributed by atoms with E-state index < -0.39 is 6.04 Å². The van der Waals surface area contributed by atoms with E-state index in [1.807, 2.05) is 4.90 Å². The van der Waals surface area contributed by atoms with Crippen molar-refractivity contribution in [2.75, 3.05) is 32.2 Å². The number of benzene rings is 1. The van der Waals surface area contributed by atoms with E-state index >= 15 is 0 Å². The number of rotatable bonds is 5. The zero-order valence-electron chi connectivity index (χ0n) is 14.9. The Kier molecular flexibility index (Phi) is 5.13. The molecule has 8 heteroatoms. The maximum Gasteiger partial charge on any atom is 0.251 e. The first kappa shape index (κ1) is 18.2. The molecule has 2 unspecified atom stereocenters. The summed E-state index contributed by atoms with van der Waals surface area (Å²) in [6.07, 6.45) is 1.60. The van der Waals surface area contributed by atoms with E-state index in [1.54, 1.807) is 18.2 Å². The molecular formula is C18H23N3O5. The number of carbonyl (C=O) groups is 3. The molecule has 0 saturated carbocycles. The molecule has 2 aliphatic rings. The zero-order chi connectivity index (χ0) is 18.8. The average molecular weight is 361 g/mol. The van der Waals surface area contributed by atoms with Crippen LogP contribution in [0.1, 0.15) is 19.3 Å². The Hall–Kier alpha value is -2.61. The molecule has 0 bridgehead atoms. The van der Waals surface area contributed by atoms with Gasteiger partial charge in [-0.2, -0.15) is 0 Å². The lowest BCUT2D eigenvalue weighted by atomic mass is 9.96. The molecule has 8 nitrogen and oxygen atoms in total. The van der Waals surface area contributed by atoms with Crippen LogP contribution in [0.3, 0.4) is 0 Å². The van der Waals surface area contributed by atoms with Gasteiger partial charge in [0.1, 0.15) is 0 Å². The number of anilines is 1. The summed E-state index contributed by atoms with van der Waals surface area (Å²) >= 11 is 0. The van der Waals surface area contributed by atoms with Crippen molar-refractivity contribution in [2.45, 2.75) is 25.3 Å². The van der Waals surface area contributed by atoms with Gasteiger partial charge in [0.05, 0.1) is 38.3 Å². The molecule has 2 aliphatic heterocycles. The Balaban J connectivity index is 1.82. The van der Waals surface area contributed by atoms with Crippen molar-refractivity contribution in [3.05, 3.63) is 18.2 Å². The van der Waals surface area contributed by atoms with Crippen molar-refractivity contribution in [2.24, 2.45) is 11.7 Å². The third-order valence-electron chi connectivity index (χ3n) is 5.04. The largest absolute Gasteiger partial charge is 0.493 e. The average Bonchev–Trinajstić information content (AvgIpc) is 2.95. The van der Waals surface area contributed by atoms with Gasteiger partial charge in [-0.15, -0.1) is 0 Å². The van der Waals surface area contributed by atoms with Crippen LogP contribution in [0.15, 0.2) is 18.2 Å². The number of imide groups is 1. The normalized spacial score (nSPS) is 24.0. The van der Waals surface area contributed by atoms with E-state index in [-0.39, 0.29) is 30.1 Å². The van der Waals surface area contributed by atoms with E-state index in [4.69, 9.17) is 15.2 Å². The van der Waals surface area contributed by atoms with Gasteiger partial charge in [0.25, 0.3) is 5.91 Å². The van der Waals surface area contributed by atoms with Gasteiger partial charge in [-0.3, -0.25) is 19.3 Å². The number of methoxy groups -OCH3 is 2. The lowest BCUT2D eigenvalue weighted by Gasteiger charge is -2.34. The fourth-order valence-electron chi connectivity index (χ4n) is 3.66. The maximum atomic E-state index is 12.9. The van der Waals surface area contributed by atoms with E-state index in [9.17, 15) is 14.4 Å². The van der Waals surface area contributed by atoms with Crippen molar-refractivity contribution < 1.29 is 23.9 Å². The van der Waals surface area contributed by atoms with Gasteiger partial charge in [-0.25, -0.2) is 4.90 Å². The van der Waals surface area contributed by atoms with Gasteiger partial charge in [0.2, 0.25) is 11.8 Å². The van der Waals surface area contributed by atoms with E-state index in [2.05, 4.69) is 0 Å². The lowest BCUT2D eigenvalue weighted by molar-refractivity contribution is -0.127. The summed E-state index contributed by atoms with van der Waals surface area (Å²) < 4.78 is 10.4. The third kappa shape index (κ3) is 3.24. The number of piperidine rings is 1. The highest BCUT2D eigenvalue weighted by atomic mass is 16.5. The Bertz CT molecular complexity index is 736. The highest BCUT2D eigenvalue weighted by Crippen LogP contribution is 2.34. The van der Waals surface area contributed by atoms with Crippen LogP contribution >= 0.6 is 0 Å². The van der Waals surface area contributed by atoms with Gasteiger partial charge < -0.3 is 15.2 Å². The topological polar surface area (TPSA) is 102 Å². The standard InChI is InChI=1S/C18H23N3O5/c1-25-14-6-5-12(8-15(14)26-2)21-16(22)9-13(18(21)24)20-7-3-4-11(10-20)17(19)23/h5-6,8,11,13H,3-4,7,9-10H2,1-2H3,(H2,19,23). The molecule has 0 aromatic heterocycles. The molecule has 140 valence electrons. The summed E-state index contributed by atoms with van der Waals surface area (Å²) in [5, 5.41) is 0. The van der Waals surface area contributed by atoms with Crippen LogP contribution in [0, 0.1) is 5.92 Å². The number of hydrogen-bond acceptors (Lipinski definition) is 6. The molecule has 2 atom stereocenters. The molecule has 3 amide bonds. The van der Waals surface area contributed by atoms with Crippen LogP contribution < -0.4 is 20.1 Å². The Labute approximate surface area is 151 Å². The minimum absolute atomic E-state index is 0.0959. The predicted molar refractivity (Wildman–Crippen MR) is 93.9 cm³/mol. The summed E-state index contributed by atoms with van der Waals surface area (Å²) in [6.45, 7) is 1.09. The molecule has 0 radical (unpaired) electrons. The molecule has 2 heterocycles. The Morgan fingerprint density at radius 2 is 1.92 bits per heavy atom. The molecule has 3 rings (SSSR count). The van der Waals surface area contributed by atoms with Crippen molar-refractivity contribution in [1.29, 1.82) is 0 Å². The second-order valence-electron chi connectivity index (χ2n) is 6.56. The number of likely N-dealkylation sites (tertiary alicyclic amines) is 1. The summed E-state index contributed by atoms with van der Waals surface area (Å²) in [5.41, 5.74) is 5.86. The summed E-state index contributed by atoms with van der Waals surface area (Å²) in [6, 6.07) is 4.37. The summed E-state index contributed by atoms with van der Waals surface area (Å²) in [7, 11) is 3.01. The Morgan fingerprint density at radius 3 is 2.58 bits per heavy atom. The first-order chi connectivity index (χ1) is 12.5. The van der Waals surface area contributed by atoms with E-state index in [1.165, 1.54) is 19.1 Å². The number of carbonyl (C=O) groups excluding carboxylic acids is 3. The van der Waals surface area contributed by atoms with Gasteiger partial charge in [-0.1, -0.05) is 0 Å². The summed E-state index contributed by atoms with van der Waals surface area (Å²) in [5.74, 6) is -0.223. The van der Waals surface area contributed by atoms with Crippen molar-refractivity contribution in [3.63, 3.8) is 0 Å². The molecule has 2 N–H and O–H groups in total. The molecule has 2 fully saturated rings. The monoisotopic (exact) mass is 361 g/mol. The van der Waals surface area contributed by atoms with Crippen LogP contribution in [0.5, 0.6) is 11.5 Å². The maximum absolute atomic E-state index is 12.9. The van der Waals surface area contributed by atoms with E-state index in [0.717, 1.165) is 12.8 Å². The van der Waals surface area contributed by atoms with Crippen molar-refractivity contribution in [1.82, 2.24) is 4.90 Å². The predicted octanol–water partition coefficient (Wildman–Crippen LogP) is 0.533. The van der Waals surface area contributed by atoms with Crippen LogP contribution in [-0.2, 0) is 14.4 Å². The fraction of sp³-hybridized carbons (Fsp3) is 0.500. The third-order valence-corrected chi connectivity index (χ3v) is 5.04. The smallest absolute Gasteiger partial charge is 0.251 e. The van der Waals surface area contributed by atoms with Gasteiger partial charge >= 0.3 is 0 Å². The minimum atomic E-state index is -0.558. The quantitative estimate of drug-likeness (QED) is 0.768. The van der Waals surface area contributed by atoms with Crippen molar-refractivity contribution in [3.8, 4) is 11.5 Å². The highest BCUT2D eigenvalue weighted by molar-refractivity contribution is 6.22. The van der Waals surface area contributed by atoms with Crippen LogP contribution in [0.2, 0.25) is 0 Å². The van der Waals surface area contributed by atoms with Gasteiger partial charge in [-0.05, 0) is 31.5 Å². The first-order valence-electron chi connectivity index (χ1n) is 8.58. The van der Waals surface area contributed by atoms with Gasteiger partial charge in [0.15, 0.2) is 11.5 Å². The molecule has 26 heavy (non-hydrogen) atoms. The van der Waals surface area contributed by atoms with Crippen LogP contribution in [0.25, 0.3) is 0 Å².